The van der Waals surface area contributed by atoms with E-state index >= 15 is 0 Å². The third-order valence-corrected chi connectivity index (χ3v) is 3.19. The summed E-state index contributed by atoms with van der Waals surface area (Å²) in [6.07, 6.45) is 0. The minimum absolute atomic E-state index is 0.188. The molecular formula is C17H19NO3. The molecule has 2 aromatic carbocycles. The van der Waals surface area contributed by atoms with Crippen molar-refractivity contribution in [2.75, 3.05) is 14.2 Å². The van der Waals surface area contributed by atoms with Crippen molar-refractivity contribution < 1.29 is 14.3 Å². The first-order chi connectivity index (χ1) is 10.1. The number of amides is 1. The highest BCUT2D eigenvalue weighted by Crippen LogP contribution is 2.23. The molecule has 0 bridgehead atoms. The zero-order valence-electron chi connectivity index (χ0n) is 12.5. The summed E-state index contributed by atoms with van der Waals surface area (Å²) in [4.78, 5) is 12.3. The Hall–Kier alpha value is -2.49. The normalized spacial score (nSPS) is 10.0. The minimum Gasteiger partial charge on any atom is -0.497 e. The van der Waals surface area contributed by atoms with Crippen LogP contribution in [-0.4, -0.2) is 20.1 Å². The minimum atomic E-state index is -0.188. The Bertz CT molecular complexity index is 638. The number of hydrogen-bond donors (Lipinski definition) is 1. The first-order valence-electron chi connectivity index (χ1n) is 6.70. The Morgan fingerprint density at radius 3 is 2.57 bits per heavy atom. The Morgan fingerprint density at radius 2 is 1.90 bits per heavy atom. The van der Waals surface area contributed by atoms with Crippen molar-refractivity contribution in [3.8, 4) is 11.5 Å². The largest absolute Gasteiger partial charge is 0.497 e. The first-order valence-corrected chi connectivity index (χ1v) is 6.70. The summed E-state index contributed by atoms with van der Waals surface area (Å²) in [6, 6.07) is 13.2. The molecule has 4 nitrogen and oxygen atoms in total. The van der Waals surface area contributed by atoms with Crippen LogP contribution >= 0.6 is 0 Å². The second-order valence-corrected chi connectivity index (χ2v) is 4.74. The average Bonchev–Trinajstić information content (AvgIpc) is 2.52. The van der Waals surface area contributed by atoms with Gasteiger partial charge in [-0.25, -0.2) is 0 Å². The molecule has 0 aliphatic carbocycles. The van der Waals surface area contributed by atoms with Gasteiger partial charge in [-0.2, -0.15) is 0 Å². The van der Waals surface area contributed by atoms with Crippen molar-refractivity contribution >= 4 is 5.91 Å². The van der Waals surface area contributed by atoms with Gasteiger partial charge in [-0.05, 0) is 30.7 Å². The molecule has 4 heteroatoms. The molecule has 1 N–H and O–H groups in total. The molecule has 0 atom stereocenters. The highest BCUT2D eigenvalue weighted by atomic mass is 16.5. The lowest BCUT2D eigenvalue weighted by molar-refractivity contribution is 0.0947. The predicted octanol–water partition coefficient (Wildman–Crippen LogP) is 2.94. The highest BCUT2D eigenvalue weighted by Gasteiger charge is 2.13. The van der Waals surface area contributed by atoms with Crippen molar-refractivity contribution in [3.05, 3.63) is 59.2 Å². The van der Waals surface area contributed by atoms with Gasteiger partial charge in [0.2, 0.25) is 0 Å². The summed E-state index contributed by atoms with van der Waals surface area (Å²) in [5, 5.41) is 2.89. The number of rotatable bonds is 5. The molecule has 0 aliphatic rings. The summed E-state index contributed by atoms with van der Waals surface area (Å²) < 4.78 is 10.4. The van der Waals surface area contributed by atoms with Crippen LogP contribution in [0, 0.1) is 6.92 Å². The molecule has 0 unspecified atom stereocenters. The molecule has 0 radical (unpaired) electrons. The van der Waals surface area contributed by atoms with E-state index < -0.39 is 0 Å². The fourth-order valence-electron chi connectivity index (χ4n) is 2.09. The molecule has 0 aromatic heterocycles. The van der Waals surface area contributed by atoms with E-state index in [2.05, 4.69) is 5.32 Å². The third kappa shape index (κ3) is 3.75. The van der Waals surface area contributed by atoms with E-state index in [0.29, 0.717) is 23.6 Å². The maximum atomic E-state index is 12.3. The lowest BCUT2D eigenvalue weighted by Gasteiger charge is -2.11. The molecule has 0 aliphatic heterocycles. The molecule has 0 spiro atoms. The van der Waals surface area contributed by atoms with Gasteiger partial charge < -0.3 is 14.8 Å². The quantitative estimate of drug-likeness (QED) is 0.918. The fourth-order valence-corrected chi connectivity index (χ4v) is 2.09. The van der Waals surface area contributed by atoms with Crippen LogP contribution in [0.4, 0.5) is 0 Å². The number of carbonyl (C=O) groups excluding carboxylic acids is 1. The summed E-state index contributed by atoms with van der Waals surface area (Å²) >= 11 is 0. The van der Waals surface area contributed by atoms with Crippen LogP contribution in [0.2, 0.25) is 0 Å². The Kier molecular flexibility index (Phi) is 4.82. The number of aryl methyl sites for hydroxylation is 1. The number of methoxy groups -OCH3 is 2. The Labute approximate surface area is 124 Å². The van der Waals surface area contributed by atoms with E-state index in [1.807, 2.05) is 31.2 Å². The van der Waals surface area contributed by atoms with E-state index in [0.717, 1.165) is 5.56 Å². The second-order valence-electron chi connectivity index (χ2n) is 4.74. The summed E-state index contributed by atoms with van der Waals surface area (Å²) in [7, 11) is 3.11. The van der Waals surface area contributed by atoms with Gasteiger partial charge in [0.25, 0.3) is 5.91 Å². The van der Waals surface area contributed by atoms with Gasteiger partial charge in [0.15, 0.2) is 0 Å². The van der Waals surface area contributed by atoms with Crippen molar-refractivity contribution in [2.45, 2.75) is 13.5 Å². The first kappa shape index (κ1) is 14.9. The number of hydrogen-bond acceptors (Lipinski definition) is 3. The van der Waals surface area contributed by atoms with Crippen molar-refractivity contribution in [2.24, 2.45) is 0 Å². The van der Waals surface area contributed by atoms with E-state index in [1.165, 1.54) is 5.56 Å². The van der Waals surface area contributed by atoms with Crippen LogP contribution in [-0.2, 0) is 6.54 Å². The third-order valence-electron chi connectivity index (χ3n) is 3.19. The van der Waals surface area contributed by atoms with Gasteiger partial charge in [-0.3, -0.25) is 4.79 Å². The monoisotopic (exact) mass is 285 g/mol. The molecular weight excluding hydrogens is 266 g/mol. The van der Waals surface area contributed by atoms with Crippen molar-refractivity contribution in [1.82, 2.24) is 5.32 Å². The molecule has 1 amide bonds. The van der Waals surface area contributed by atoms with Crippen LogP contribution in [0.15, 0.2) is 42.5 Å². The number of ether oxygens (including phenoxy) is 2. The van der Waals surface area contributed by atoms with Gasteiger partial charge in [0, 0.05) is 6.54 Å². The lowest BCUT2D eigenvalue weighted by Crippen LogP contribution is -2.23. The second kappa shape index (κ2) is 6.79. The van der Waals surface area contributed by atoms with Gasteiger partial charge >= 0.3 is 0 Å². The average molecular weight is 285 g/mol. The van der Waals surface area contributed by atoms with Crippen LogP contribution < -0.4 is 14.8 Å². The van der Waals surface area contributed by atoms with Crippen LogP contribution in [0.5, 0.6) is 11.5 Å². The van der Waals surface area contributed by atoms with Gasteiger partial charge in [0.1, 0.15) is 11.5 Å². The summed E-state index contributed by atoms with van der Waals surface area (Å²) in [6.45, 7) is 2.50. The van der Waals surface area contributed by atoms with Crippen LogP contribution in [0.1, 0.15) is 21.5 Å². The van der Waals surface area contributed by atoms with Crippen molar-refractivity contribution in [3.63, 3.8) is 0 Å². The Balaban J connectivity index is 2.12. The topological polar surface area (TPSA) is 47.6 Å². The van der Waals surface area contributed by atoms with Crippen molar-refractivity contribution in [1.29, 1.82) is 0 Å². The number of nitrogens with one attached hydrogen (secondary N) is 1. The fraction of sp³-hybridized carbons (Fsp3) is 0.235. The zero-order valence-corrected chi connectivity index (χ0v) is 12.5. The summed E-state index contributed by atoms with van der Waals surface area (Å²) in [5.41, 5.74) is 2.69. The van der Waals surface area contributed by atoms with E-state index in [1.54, 1.807) is 32.4 Å². The molecule has 21 heavy (non-hydrogen) atoms. The van der Waals surface area contributed by atoms with E-state index in [9.17, 15) is 4.79 Å². The van der Waals surface area contributed by atoms with Gasteiger partial charge in [-0.1, -0.05) is 29.8 Å². The van der Waals surface area contributed by atoms with Gasteiger partial charge in [-0.15, -0.1) is 0 Å². The predicted molar refractivity (Wildman–Crippen MR) is 81.9 cm³/mol. The van der Waals surface area contributed by atoms with E-state index in [4.69, 9.17) is 9.47 Å². The molecule has 0 heterocycles. The molecule has 2 aromatic rings. The Morgan fingerprint density at radius 1 is 1.10 bits per heavy atom. The maximum Gasteiger partial charge on any atom is 0.255 e. The lowest BCUT2D eigenvalue weighted by atomic mass is 10.1. The number of benzene rings is 2. The number of carbonyl (C=O) groups is 1. The molecule has 0 saturated carbocycles. The smallest absolute Gasteiger partial charge is 0.255 e. The van der Waals surface area contributed by atoms with Crippen LogP contribution in [0.3, 0.4) is 0 Å². The zero-order chi connectivity index (χ0) is 15.2. The molecule has 0 fully saturated rings. The maximum absolute atomic E-state index is 12.3. The SMILES string of the molecule is COc1ccc(OC)c(C(=O)NCc2cccc(C)c2)c1. The standard InChI is InChI=1S/C17H19NO3/c1-12-5-4-6-13(9-12)11-18-17(19)15-10-14(20-2)7-8-16(15)21-3/h4-10H,11H2,1-3H3,(H,18,19). The molecule has 2 rings (SSSR count). The summed E-state index contributed by atoms with van der Waals surface area (Å²) in [5.74, 6) is 0.960. The van der Waals surface area contributed by atoms with Gasteiger partial charge in [0.05, 0.1) is 19.8 Å². The van der Waals surface area contributed by atoms with E-state index in [-0.39, 0.29) is 5.91 Å². The molecule has 110 valence electrons. The molecule has 0 saturated heterocycles. The van der Waals surface area contributed by atoms with Crippen LogP contribution in [0.25, 0.3) is 0 Å². The highest BCUT2D eigenvalue weighted by molar-refractivity contribution is 5.97.